The van der Waals surface area contributed by atoms with E-state index in [0.717, 1.165) is 34.5 Å². The normalized spacial score (nSPS) is 27.1. The number of aldehydes is 1. The van der Waals surface area contributed by atoms with Gasteiger partial charge >= 0.3 is 0 Å². The predicted molar refractivity (Wildman–Crippen MR) is 77.2 cm³/mol. The molecule has 2 unspecified atom stereocenters. The summed E-state index contributed by atoms with van der Waals surface area (Å²) < 4.78 is 1.06. The Morgan fingerprint density at radius 3 is 2.89 bits per heavy atom. The molecule has 1 heterocycles. The fraction of sp³-hybridized carbons (Fsp3) is 0.533. The predicted octanol–water partition coefficient (Wildman–Crippen LogP) is 4.03. The molecule has 2 aliphatic rings. The van der Waals surface area contributed by atoms with E-state index in [4.69, 9.17) is 0 Å². The summed E-state index contributed by atoms with van der Waals surface area (Å²) in [6.45, 7) is 1.10. The molecule has 18 heavy (non-hydrogen) atoms. The van der Waals surface area contributed by atoms with Gasteiger partial charge in [0.2, 0.25) is 0 Å². The molecule has 1 aromatic rings. The largest absolute Gasteiger partial charge is 0.368 e. The van der Waals surface area contributed by atoms with Gasteiger partial charge in [0.15, 0.2) is 6.29 Å². The minimum Gasteiger partial charge on any atom is -0.368 e. The number of carbonyl (C=O) groups is 1. The molecular formula is C15H18BrNO. The van der Waals surface area contributed by atoms with E-state index < -0.39 is 0 Å². The summed E-state index contributed by atoms with van der Waals surface area (Å²) in [6, 6.07) is 6.63. The summed E-state index contributed by atoms with van der Waals surface area (Å²) in [7, 11) is 0. The lowest BCUT2D eigenvalue weighted by atomic mass is 9.91. The molecule has 0 radical (unpaired) electrons. The van der Waals surface area contributed by atoms with Gasteiger partial charge in [-0.05, 0) is 49.8 Å². The van der Waals surface area contributed by atoms with Gasteiger partial charge in [-0.2, -0.15) is 0 Å². The van der Waals surface area contributed by atoms with Crippen LogP contribution in [0.1, 0.15) is 42.5 Å². The molecule has 0 aromatic heterocycles. The van der Waals surface area contributed by atoms with Crippen LogP contribution >= 0.6 is 15.9 Å². The fourth-order valence-electron chi connectivity index (χ4n) is 3.62. The fourth-order valence-corrected chi connectivity index (χ4v) is 3.97. The number of hydrogen-bond acceptors (Lipinski definition) is 2. The van der Waals surface area contributed by atoms with Crippen LogP contribution in [0.3, 0.4) is 0 Å². The van der Waals surface area contributed by atoms with E-state index >= 15 is 0 Å². The third kappa shape index (κ3) is 2.09. The Kier molecular flexibility index (Phi) is 3.42. The molecule has 1 aliphatic carbocycles. The number of anilines is 1. The highest BCUT2D eigenvalue weighted by molar-refractivity contribution is 9.10. The number of carbonyl (C=O) groups excluding carboxylic acids is 1. The molecule has 2 fully saturated rings. The highest BCUT2D eigenvalue weighted by Gasteiger charge is 2.35. The van der Waals surface area contributed by atoms with Crippen LogP contribution in [-0.4, -0.2) is 18.9 Å². The Morgan fingerprint density at radius 2 is 2.06 bits per heavy atom. The summed E-state index contributed by atoms with van der Waals surface area (Å²) in [5.74, 6) is 0.845. The summed E-state index contributed by atoms with van der Waals surface area (Å²) >= 11 is 3.52. The SMILES string of the molecule is O=Cc1ccc(Br)cc1N1CCCC2CCCC21. The number of benzene rings is 1. The van der Waals surface area contributed by atoms with Crippen molar-refractivity contribution in [1.29, 1.82) is 0 Å². The summed E-state index contributed by atoms with van der Waals surface area (Å²) in [6.07, 6.45) is 7.61. The van der Waals surface area contributed by atoms with Crippen molar-refractivity contribution >= 4 is 27.9 Å². The van der Waals surface area contributed by atoms with E-state index in [-0.39, 0.29) is 0 Å². The van der Waals surface area contributed by atoms with Crippen LogP contribution in [0.25, 0.3) is 0 Å². The van der Waals surface area contributed by atoms with Crippen molar-refractivity contribution in [2.24, 2.45) is 5.92 Å². The number of fused-ring (bicyclic) bond motifs is 1. The second kappa shape index (κ2) is 5.04. The first kappa shape index (κ1) is 12.2. The lowest BCUT2D eigenvalue weighted by molar-refractivity contribution is 0.112. The molecule has 3 rings (SSSR count). The van der Waals surface area contributed by atoms with E-state index in [1.165, 1.54) is 32.1 Å². The van der Waals surface area contributed by atoms with Crippen LogP contribution < -0.4 is 4.90 Å². The summed E-state index contributed by atoms with van der Waals surface area (Å²) in [5.41, 5.74) is 1.95. The van der Waals surface area contributed by atoms with Crippen molar-refractivity contribution in [3.63, 3.8) is 0 Å². The lowest BCUT2D eigenvalue weighted by Crippen LogP contribution is -2.43. The van der Waals surface area contributed by atoms with Gasteiger partial charge in [0.1, 0.15) is 0 Å². The molecule has 0 N–H and O–H groups in total. The van der Waals surface area contributed by atoms with Gasteiger partial charge < -0.3 is 4.90 Å². The summed E-state index contributed by atoms with van der Waals surface area (Å²) in [4.78, 5) is 13.7. The quantitative estimate of drug-likeness (QED) is 0.769. The highest BCUT2D eigenvalue weighted by atomic mass is 79.9. The Morgan fingerprint density at radius 1 is 1.22 bits per heavy atom. The number of nitrogens with zero attached hydrogens (tertiary/aromatic N) is 1. The average molecular weight is 308 g/mol. The molecule has 3 heteroatoms. The van der Waals surface area contributed by atoms with Crippen LogP contribution in [0.2, 0.25) is 0 Å². The molecule has 0 amide bonds. The van der Waals surface area contributed by atoms with Crippen molar-refractivity contribution in [2.75, 3.05) is 11.4 Å². The Balaban J connectivity index is 1.97. The van der Waals surface area contributed by atoms with Gasteiger partial charge in [-0.3, -0.25) is 4.79 Å². The second-order valence-electron chi connectivity index (χ2n) is 5.41. The molecular weight excluding hydrogens is 290 g/mol. The Labute approximate surface area is 116 Å². The molecule has 1 saturated heterocycles. The Bertz CT molecular complexity index is 460. The maximum Gasteiger partial charge on any atom is 0.152 e. The van der Waals surface area contributed by atoms with Crippen molar-refractivity contribution in [1.82, 2.24) is 0 Å². The van der Waals surface area contributed by atoms with Crippen LogP contribution in [0, 0.1) is 5.92 Å². The van der Waals surface area contributed by atoms with E-state index in [9.17, 15) is 4.79 Å². The summed E-state index contributed by atoms with van der Waals surface area (Å²) in [5, 5.41) is 0. The van der Waals surface area contributed by atoms with Crippen molar-refractivity contribution in [3.8, 4) is 0 Å². The minimum absolute atomic E-state index is 0.659. The van der Waals surface area contributed by atoms with E-state index in [0.29, 0.717) is 6.04 Å². The molecule has 1 saturated carbocycles. The van der Waals surface area contributed by atoms with Crippen molar-refractivity contribution in [2.45, 2.75) is 38.1 Å². The van der Waals surface area contributed by atoms with Crippen molar-refractivity contribution < 1.29 is 4.79 Å². The van der Waals surface area contributed by atoms with Gasteiger partial charge in [-0.15, -0.1) is 0 Å². The number of halogens is 1. The van der Waals surface area contributed by atoms with Crippen molar-refractivity contribution in [3.05, 3.63) is 28.2 Å². The standard InChI is InChI=1S/C15H18BrNO/c16-13-7-6-12(10-18)15(9-13)17-8-2-4-11-3-1-5-14(11)17/h6-7,9-11,14H,1-5,8H2. The minimum atomic E-state index is 0.659. The maximum absolute atomic E-state index is 11.2. The Hall–Kier alpha value is -0.830. The van der Waals surface area contributed by atoms with Crippen LogP contribution in [-0.2, 0) is 0 Å². The topological polar surface area (TPSA) is 20.3 Å². The van der Waals surface area contributed by atoms with E-state index in [2.05, 4.69) is 26.9 Å². The first-order valence-corrected chi connectivity index (χ1v) is 7.60. The highest BCUT2D eigenvalue weighted by Crippen LogP contribution is 2.40. The third-order valence-corrected chi connectivity index (χ3v) is 4.92. The van der Waals surface area contributed by atoms with Gasteiger partial charge in [0.05, 0.1) is 0 Å². The lowest BCUT2D eigenvalue weighted by Gasteiger charge is -2.40. The smallest absolute Gasteiger partial charge is 0.152 e. The zero-order chi connectivity index (χ0) is 12.5. The number of rotatable bonds is 2. The maximum atomic E-state index is 11.2. The zero-order valence-corrected chi connectivity index (χ0v) is 12.0. The second-order valence-corrected chi connectivity index (χ2v) is 6.33. The van der Waals surface area contributed by atoms with Gasteiger partial charge in [0, 0.05) is 28.3 Å². The van der Waals surface area contributed by atoms with Gasteiger partial charge in [-0.1, -0.05) is 22.4 Å². The molecule has 0 bridgehead atoms. The third-order valence-electron chi connectivity index (χ3n) is 4.42. The molecule has 1 aliphatic heterocycles. The van der Waals surface area contributed by atoms with Gasteiger partial charge in [-0.25, -0.2) is 0 Å². The molecule has 0 spiro atoms. The molecule has 2 nitrogen and oxygen atoms in total. The van der Waals surface area contributed by atoms with Gasteiger partial charge in [0.25, 0.3) is 0 Å². The van der Waals surface area contributed by atoms with Crippen LogP contribution in [0.15, 0.2) is 22.7 Å². The van der Waals surface area contributed by atoms with Crippen LogP contribution in [0.5, 0.6) is 0 Å². The number of piperidine rings is 1. The zero-order valence-electron chi connectivity index (χ0n) is 10.4. The molecule has 96 valence electrons. The van der Waals surface area contributed by atoms with Crippen LogP contribution in [0.4, 0.5) is 5.69 Å². The molecule has 1 aromatic carbocycles. The average Bonchev–Trinajstić information content (AvgIpc) is 2.86. The monoisotopic (exact) mass is 307 g/mol. The van der Waals surface area contributed by atoms with E-state index in [1.807, 2.05) is 12.1 Å². The first-order chi connectivity index (χ1) is 8.79. The first-order valence-electron chi connectivity index (χ1n) is 6.81. The molecule has 2 atom stereocenters. The number of hydrogen-bond donors (Lipinski definition) is 0. The van der Waals surface area contributed by atoms with E-state index in [1.54, 1.807) is 0 Å².